The lowest BCUT2D eigenvalue weighted by Crippen LogP contribution is -2.57. The van der Waals surface area contributed by atoms with Crippen LogP contribution in [0.5, 0.6) is 0 Å². The summed E-state index contributed by atoms with van der Waals surface area (Å²) in [4.78, 5) is 7.25. The molecule has 4 heteroatoms. The van der Waals surface area contributed by atoms with Gasteiger partial charge in [0.2, 0.25) is 0 Å². The molecule has 2 heterocycles. The Kier molecular flexibility index (Phi) is 8.86. The van der Waals surface area contributed by atoms with Gasteiger partial charge < -0.3 is 15.1 Å². The van der Waals surface area contributed by atoms with Crippen molar-refractivity contribution in [3.05, 3.63) is 0 Å². The van der Waals surface area contributed by atoms with E-state index in [2.05, 4.69) is 82.7 Å². The van der Waals surface area contributed by atoms with Crippen LogP contribution in [-0.4, -0.2) is 87.2 Å². The molecule has 0 aromatic carbocycles. The van der Waals surface area contributed by atoms with Crippen molar-refractivity contribution in [2.24, 2.45) is 10.8 Å². The first-order valence-electron chi connectivity index (χ1n) is 10.3. The third kappa shape index (κ3) is 7.94. The minimum Gasteiger partial charge on any atom is -0.316 e. The Morgan fingerprint density at radius 1 is 0.880 bits per heavy atom. The van der Waals surface area contributed by atoms with Gasteiger partial charge in [0.1, 0.15) is 0 Å². The van der Waals surface area contributed by atoms with Gasteiger partial charge in [-0.25, -0.2) is 0 Å². The first kappa shape index (κ1) is 22.9. The Hall–Kier alpha value is -0.160. The van der Waals surface area contributed by atoms with Gasteiger partial charge in [0.25, 0.3) is 0 Å². The molecule has 0 saturated carbocycles. The van der Waals surface area contributed by atoms with Gasteiger partial charge in [-0.1, -0.05) is 13.8 Å². The van der Waals surface area contributed by atoms with Gasteiger partial charge in [-0.3, -0.25) is 4.90 Å². The summed E-state index contributed by atoms with van der Waals surface area (Å²) in [7, 11) is 6.52. The van der Waals surface area contributed by atoms with Crippen molar-refractivity contribution in [1.82, 2.24) is 20.0 Å². The smallest absolute Gasteiger partial charge is 0.00510 e. The standard InChI is InChI=1S/C11H24N2.C10H22N2/c1-10(2)13-8-11(3,9-13)6-7-12(4)5;1-9(2)12(4)6-5-10(3)7-11-8-10/h10H,6-9H2,1-5H3;9,11H,5-8H2,1-4H3. The van der Waals surface area contributed by atoms with Crippen LogP contribution < -0.4 is 5.32 Å². The fourth-order valence-electron chi connectivity index (χ4n) is 3.38. The maximum absolute atomic E-state index is 3.34. The van der Waals surface area contributed by atoms with E-state index in [1.165, 1.54) is 52.1 Å². The number of rotatable bonds is 8. The quantitative estimate of drug-likeness (QED) is 0.723. The molecular weight excluding hydrogens is 308 g/mol. The minimum absolute atomic E-state index is 0.586. The van der Waals surface area contributed by atoms with Gasteiger partial charge in [0.05, 0.1) is 0 Å². The highest BCUT2D eigenvalue weighted by Gasteiger charge is 2.39. The summed E-state index contributed by atoms with van der Waals surface area (Å²) >= 11 is 0. The van der Waals surface area contributed by atoms with Crippen molar-refractivity contribution >= 4 is 0 Å². The third-order valence-electron chi connectivity index (χ3n) is 6.12. The summed E-state index contributed by atoms with van der Waals surface area (Å²) in [6.45, 7) is 21.3. The Balaban J connectivity index is 0.000000251. The van der Waals surface area contributed by atoms with E-state index in [1.807, 2.05) is 0 Å². The molecule has 25 heavy (non-hydrogen) atoms. The lowest BCUT2D eigenvalue weighted by Gasteiger charge is -2.50. The Morgan fingerprint density at radius 3 is 1.76 bits per heavy atom. The lowest BCUT2D eigenvalue weighted by molar-refractivity contribution is -0.0176. The van der Waals surface area contributed by atoms with E-state index in [9.17, 15) is 0 Å². The molecule has 0 bridgehead atoms. The first-order chi connectivity index (χ1) is 11.5. The largest absolute Gasteiger partial charge is 0.316 e. The second kappa shape index (κ2) is 9.68. The van der Waals surface area contributed by atoms with Gasteiger partial charge in [-0.15, -0.1) is 0 Å². The van der Waals surface area contributed by atoms with Crippen molar-refractivity contribution in [3.63, 3.8) is 0 Å². The van der Waals surface area contributed by atoms with Crippen LogP contribution in [-0.2, 0) is 0 Å². The molecule has 0 unspecified atom stereocenters. The molecule has 0 amide bonds. The normalized spacial score (nSPS) is 22.0. The van der Waals surface area contributed by atoms with Gasteiger partial charge in [0.15, 0.2) is 0 Å². The van der Waals surface area contributed by atoms with E-state index in [4.69, 9.17) is 0 Å². The molecule has 2 saturated heterocycles. The summed E-state index contributed by atoms with van der Waals surface area (Å²) in [5, 5.41) is 3.34. The zero-order chi connectivity index (χ0) is 19.3. The maximum atomic E-state index is 3.34. The SMILES string of the molecule is CC(C)N(C)CCC1(C)CNC1.CC(C)N1CC(C)(CCN(C)C)C1. The summed E-state index contributed by atoms with van der Waals surface area (Å²) in [6, 6.07) is 1.41. The summed E-state index contributed by atoms with van der Waals surface area (Å²) in [6.07, 6.45) is 2.66. The van der Waals surface area contributed by atoms with E-state index < -0.39 is 0 Å². The van der Waals surface area contributed by atoms with Gasteiger partial charge in [-0.05, 0) is 85.6 Å². The molecular formula is C21H46N4. The zero-order valence-electron chi connectivity index (χ0n) is 18.7. The van der Waals surface area contributed by atoms with E-state index in [1.54, 1.807) is 0 Å². The highest BCUT2D eigenvalue weighted by Crippen LogP contribution is 2.34. The second-order valence-corrected chi connectivity index (χ2v) is 10.1. The second-order valence-electron chi connectivity index (χ2n) is 10.1. The predicted molar refractivity (Wildman–Crippen MR) is 111 cm³/mol. The summed E-state index contributed by atoms with van der Waals surface area (Å²) in [5.74, 6) is 0. The lowest BCUT2D eigenvalue weighted by atomic mass is 9.78. The fourth-order valence-corrected chi connectivity index (χ4v) is 3.38. The van der Waals surface area contributed by atoms with Gasteiger partial charge in [-0.2, -0.15) is 0 Å². The highest BCUT2D eigenvalue weighted by atomic mass is 15.2. The van der Waals surface area contributed by atoms with Crippen LogP contribution in [0, 0.1) is 10.8 Å². The minimum atomic E-state index is 0.586. The van der Waals surface area contributed by atoms with Crippen molar-refractivity contribution in [2.75, 3.05) is 60.4 Å². The van der Waals surface area contributed by atoms with Gasteiger partial charge >= 0.3 is 0 Å². The Labute approximate surface area is 158 Å². The first-order valence-corrected chi connectivity index (χ1v) is 10.3. The number of nitrogens with zero attached hydrogens (tertiary/aromatic N) is 3. The Morgan fingerprint density at radius 2 is 1.40 bits per heavy atom. The molecule has 0 aromatic rings. The van der Waals surface area contributed by atoms with Crippen LogP contribution in [0.1, 0.15) is 54.4 Å². The zero-order valence-corrected chi connectivity index (χ0v) is 18.7. The molecule has 2 fully saturated rings. The molecule has 2 aliphatic heterocycles. The van der Waals surface area contributed by atoms with E-state index in [-0.39, 0.29) is 0 Å². The Bertz CT molecular complexity index is 363. The van der Waals surface area contributed by atoms with Crippen LogP contribution in [0.15, 0.2) is 0 Å². The topological polar surface area (TPSA) is 21.8 Å². The average molecular weight is 355 g/mol. The van der Waals surface area contributed by atoms with Crippen molar-refractivity contribution in [1.29, 1.82) is 0 Å². The molecule has 0 aliphatic carbocycles. The maximum Gasteiger partial charge on any atom is 0.00510 e. The van der Waals surface area contributed by atoms with Gasteiger partial charge in [0, 0.05) is 38.3 Å². The highest BCUT2D eigenvalue weighted by molar-refractivity contribution is 4.93. The van der Waals surface area contributed by atoms with Crippen molar-refractivity contribution in [2.45, 2.75) is 66.5 Å². The van der Waals surface area contributed by atoms with E-state index in [0.717, 1.165) is 6.04 Å². The molecule has 0 radical (unpaired) electrons. The molecule has 2 aliphatic rings. The van der Waals surface area contributed by atoms with Crippen LogP contribution in [0.25, 0.3) is 0 Å². The molecule has 1 N–H and O–H groups in total. The van der Waals surface area contributed by atoms with Crippen molar-refractivity contribution in [3.8, 4) is 0 Å². The third-order valence-corrected chi connectivity index (χ3v) is 6.12. The average Bonchev–Trinajstić information content (AvgIpc) is 2.46. The summed E-state index contributed by atoms with van der Waals surface area (Å²) in [5.41, 5.74) is 1.18. The molecule has 2 rings (SSSR count). The number of hydrogen-bond donors (Lipinski definition) is 1. The molecule has 150 valence electrons. The van der Waals surface area contributed by atoms with E-state index >= 15 is 0 Å². The van der Waals surface area contributed by atoms with Crippen LogP contribution in [0.2, 0.25) is 0 Å². The van der Waals surface area contributed by atoms with Crippen LogP contribution in [0.3, 0.4) is 0 Å². The number of hydrogen-bond acceptors (Lipinski definition) is 4. The van der Waals surface area contributed by atoms with Crippen LogP contribution in [0.4, 0.5) is 0 Å². The summed E-state index contributed by atoms with van der Waals surface area (Å²) < 4.78 is 0. The molecule has 0 spiro atoms. The number of likely N-dealkylation sites (tertiary alicyclic amines) is 1. The monoisotopic (exact) mass is 354 g/mol. The predicted octanol–water partition coefficient (Wildman–Crippen LogP) is 2.99. The molecule has 0 atom stereocenters. The van der Waals surface area contributed by atoms with E-state index in [0.29, 0.717) is 16.9 Å². The van der Waals surface area contributed by atoms with Crippen molar-refractivity contribution < 1.29 is 0 Å². The molecule has 0 aromatic heterocycles. The fraction of sp³-hybridized carbons (Fsp3) is 1.00. The number of nitrogens with one attached hydrogen (secondary N) is 1. The molecule has 4 nitrogen and oxygen atoms in total. The van der Waals surface area contributed by atoms with Crippen LogP contribution >= 0.6 is 0 Å².